The fourth-order valence-corrected chi connectivity index (χ4v) is 12.2. The lowest BCUT2D eigenvalue weighted by Gasteiger charge is -2.38. The van der Waals surface area contributed by atoms with E-state index in [9.17, 15) is 44.3 Å². The molecule has 0 aliphatic carbocycles. The summed E-state index contributed by atoms with van der Waals surface area (Å²) in [5.74, 6) is -0.702. The molecule has 0 spiro atoms. The number of alkyl halides is 12. The van der Waals surface area contributed by atoms with Gasteiger partial charge in [-0.3, -0.25) is 9.59 Å². The molecule has 0 saturated heterocycles. The van der Waals surface area contributed by atoms with Gasteiger partial charge in [0.1, 0.15) is 40.2 Å². The Morgan fingerprint density at radius 2 is 0.562 bits per heavy atom. The molecule has 0 aliphatic heterocycles. The fourth-order valence-electron chi connectivity index (χ4n) is 10.7. The first-order chi connectivity index (χ1) is 45.0. The predicted octanol–water partition coefficient (Wildman–Crippen LogP) is 21.5. The van der Waals surface area contributed by atoms with Gasteiger partial charge in [-0.25, -0.2) is 8.42 Å². The molecule has 0 fully saturated rings. The highest BCUT2D eigenvalue weighted by Crippen LogP contribution is 2.58. The average molecular weight is 1390 g/mol. The maximum absolute atomic E-state index is 15.0. The Balaban J connectivity index is 0.0000108. The number of hydrogen-bond donors (Lipinski definition) is 0. The molecule has 0 unspecified atom stereocenters. The van der Waals surface area contributed by atoms with Crippen LogP contribution in [0.2, 0.25) is 10.0 Å². The lowest BCUT2D eigenvalue weighted by Crippen LogP contribution is -2.54. The van der Waals surface area contributed by atoms with Crippen LogP contribution in [0.25, 0.3) is 0 Å². The molecule has 10 aromatic carbocycles. The summed E-state index contributed by atoms with van der Waals surface area (Å²) in [6.45, 7) is 0.0190. The SMILES string of the molecule is C.O=C(c1ccc(Cl)cc1)c1ccc(Oc2ccc(C(c3ccc(OCCCCc4ccc(S(=O)(=O)c5ccc(Oc6ccc(C(c7ccc(Oc8ccc(C(=O)c9ccc(Cl)cc9)cc8)cc7)(C(F)(F)F)C(F)(F)F)cc6)cc5)cc4)cc3)(C(F)(F)F)C(F)(F)F)cc2)cc1. The molecule has 0 atom stereocenters. The van der Waals surface area contributed by atoms with E-state index in [0.29, 0.717) is 100 Å². The Kier molecular flexibility index (Phi) is 20.9. The molecule has 23 heteroatoms. The number of carbonyl (C=O) groups excluding carboxylic acids is 2. The van der Waals surface area contributed by atoms with Crippen LogP contribution in [0.4, 0.5) is 52.7 Å². The third-order valence-corrected chi connectivity index (χ3v) is 17.8. The molecule has 10 rings (SSSR count). The van der Waals surface area contributed by atoms with Crippen molar-refractivity contribution in [3.05, 3.63) is 303 Å². The second kappa shape index (κ2) is 28.4. The van der Waals surface area contributed by atoms with Gasteiger partial charge in [0.05, 0.1) is 16.4 Å². The van der Waals surface area contributed by atoms with Crippen LogP contribution in [0.15, 0.2) is 252 Å². The van der Waals surface area contributed by atoms with Crippen molar-refractivity contribution in [3.63, 3.8) is 0 Å². The minimum Gasteiger partial charge on any atom is -0.494 e. The van der Waals surface area contributed by atoms with Crippen molar-refractivity contribution in [2.24, 2.45) is 0 Å². The number of halogens is 14. The Morgan fingerprint density at radius 3 is 0.844 bits per heavy atom. The number of benzene rings is 10. The topological polar surface area (TPSA) is 105 Å². The van der Waals surface area contributed by atoms with Crippen molar-refractivity contribution in [1.82, 2.24) is 0 Å². The zero-order valence-corrected chi connectivity index (χ0v) is 51.2. The number of ether oxygens (including phenoxy) is 4. The number of hydrogen-bond acceptors (Lipinski definition) is 8. The van der Waals surface area contributed by atoms with E-state index in [1.54, 1.807) is 48.5 Å². The Bertz CT molecular complexity index is 4390. The molecule has 0 heterocycles. The van der Waals surface area contributed by atoms with Gasteiger partial charge in [-0.05, 0) is 229 Å². The summed E-state index contributed by atoms with van der Waals surface area (Å²) in [5.41, 5.74) is -11.5. The summed E-state index contributed by atoms with van der Waals surface area (Å²) >= 11 is 11.8. The van der Waals surface area contributed by atoms with E-state index in [4.69, 9.17) is 42.1 Å². The first kappa shape index (κ1) is 70.7. The number of ketones is 2. The fraction of sp³-hybridized carbons (Fsp3) is 0.151. The normalized spacial score (nSPS) is 12.3. The largest absolute Gasteiger partial charge is 0.494 e. The number of aryl methyl sites for hydroxylation is 1. The summed E-state index contributed by atoms with van der Waals surface area (Å²) in [7, 11) is -4.13. The van der Waals surface area contributed by atoms with Crippen molar-refractivity contribution >= 4 is 44.6 Å². The second-order valence-corrected chi connectivity index (χ2v) is 24.4. The Hall–Kier alpha value is -9.57. The van der Waals surface area contributed by atoms with Crippen LogP contribution in [-0.2, 0) is 27.1 Å². The molecule has 10 aromatic rings. The zero-order chi connectivity index (χ0) is 68.1. The number of sulfone groups is 1. The highest BCUT2D eigenvalue weighted by molar-refractivity contribution is 7.91. The third-order valence-electron chi connectivity index (χ3n) is 15.5. The van der Waals surface area contributed by atoms with Crippen molar-refractivity contribution in [1.29, 1.82) is 0 Å². The van der Waals surface area contributed by atoms with Crippen LogP contribution in [0.3, 0.4) is 0 Å². The summed E-state index contributed by atoms with van der Waals surface area (Å²) in [6.07, 6.45) is -22.3. The first-order valence-electron chi connectivity index (χ1n) is 28.6. The number of carbonyl (C=O) groups is 2. The zero-order valence-electron chi connectivity index (χ0n) is 48.9. The van der Waals surface area contributed by atoms with E-state index in [1.807, 2.05) is 0 Å². The maximum Gasteiger partial charge on any atom is 0.411 e. The summed E-state index contributed by atoms with van der Waals surface area (Å²) in [4.78, 5) is 25.4. The molecule has 0 bridgehead atoms. The highest BCUT2D eigenvalue weighted by Gasteiger charge is 2.73. The monoisotopic (exact) mass is 1390 g/mol. The van der Waals surface area contributed by atoms with E-state index in [0.717, 1.165) is 48.5 Å². The highest BCUT2D eigenvalue weighted by atomic mass is 35.5. The van der Waals surface area contributed by atoms with Gasteiger partial charge in [0.25, 0.3) is 0 Å². The Labute approximate surface area is 553 Å². The summed E-state index contributed by atoms with van der Waals surface area (Å²) in [5, 5.41) is 0.869. The van der Waals surface area contributed by atoms with E-state index in [-0.39, 0.29) is 81.2 Å². The van der Waals surface area contributed by atoms with Crippen LogP contribution in [0, 0.1) is 0 Å². The third kappa shape index (κ3) is 14.9. The minimum absolute atomic E-state index is 0. The molecule has 0 amide bonds. The van der Waals surface area contributed by atoms with Crippen LogP contribution < -0.4 is 18.9 Å². The lowest BCUT2D eigenvalue weighted by atomic mass is 9.73. The summed E-state index contributed by atoms with van der Waals surface area (Å²) in [6, 6.07) is 47.7. The van der Waals surface area contributed by atoms with Gasteiger partial charge in [0, 0.05) is 32.3 Å². The van der Waals surface area contributed by atoms with Crippen LogP contribution in [-0.4, -0.2) is 51.3 Å². The van der Waals surface area contributed by atoms with E-state index in [2.05, 4.69) is 0 Å². The molecule has 0 radical (unpaired) electrons. The second-order valence-electron chi connectivity index (χ2n) is 21.5. The molecule has 0 N–H and O–H groups in total. The minimum atomic E-state index is -5.92. The smallest absolute Gasteiger partial charge is 0.411 e. The maximum atomic E-state index is 15.0. The summed E-state index contributed by atoms with van der Waals surface area (Å²) < 4.78 is 230. The van der Waals surface area contributed by atoms with Crippen LogP contribution in [0.5, 0.6) is 40.2 Å². The van der Waals surface area contributed by atoms with Gasteiger partial charge in [-0.2, -0.15) is 52.7 Å². The molecule has 496 valence electrons. The molecular weight excluding hydrogens is 1340 g/mol. The van der Waals surface area contributed by atoms with Gasteiger partial charge >= 0.3 is 24.7 Å². The standard InChI is InChI=1S/C72H48Cl2F12O8S.CH4/c73-54-22-6-46(7-23-54)65(87)48-10-26-57(27-11-48)92-59-32-16-51(17-33-59)67(69(75,76)77,70(78,79)80)50-14-30-56(31-15-50)91-44-2-1-3-45-4-40-63(41-5-45)95(89,90)64-42-38-62(39-43-64)94-61-36-20-53(21-37-61)68(71(81,82)83,72(84,85)86)52-18-34-60(35-19-52)93-58-28-12-49(13-29-58)66(88)47-8-24-55(74)25-9-47;/h4-43H,1-3,44H2;1H4. The van der Waals surface area contributed by atoms with Gasteiger partial charge in [-0.1, -0.05) is 91.3 Å². The van der Waals surface area contributed by atoms with Gasteiger partial charge in [0.15, 0.2) is 11.6 Å². The lowest BCUT2D eigenvalue weighted by molar-refractivity contribution is -0.290. The van der Waals surface area contributed by atoms with E-state index < -0.39 is 67.6 Å². The van der Waals surface area contributed by atoms with Crippen molar-refractivity contribution < 1.29 is 89.6 Å². The van der Waals surface area contributed by atoms with Crippen molar-refractivity contribution in [3.8, 4) is 40.2 Å². The van der Waals surface area contributed by atoms with E-state index in [1.165, 1.54) is 97.1 Å². The van der Waals surface area contributed by atoms with Crippen molar-refractivity contribution in [2.45, 2.75) is 72.0 Å². The van der Waals surface area contributed by atoms with E-state index >= 15 is 26.3 Å². The Morgan fingerprint density at radius 1 is 0.323 bits per heavy atom. The van der Waals surface area contributed by atoms with Gasteiger partial charge in [-0.15, -0.1) is 0 Å². The van der Waals surface area contributed by atoms with Gasteiger partial charge in [0.2, 0.25) is 20.7 Å². The average Bonchev–Trinajstić information content (AvgIpc) is 0.724. The number of unbranched alkanes of at least 4 members (excludes halogenated alkanes) is 1. The van der Waals surface area contributed by atoms with Crippen LogP contribution >= 0.6 is 23.2 Å². The van der Waals surface area contributed by atoms with Gasteiger partial charge < -0.3 is 18.9 Å². The molecule has 0 aliphatic rings. The molecule has 0 saturated carbocycles. The molecule has 96 heavy (non-hydrogen) atoms. The molecular formula is C73H52Cl2F12O8S. The van der Waals surface area contributed by atoms with Crippen molar-refractivity contribution in [2.75, 3.05) is 6.61 Å². The first-order valence-corrected chi connectivity index (χ1v) is 30.8. The predicted molar refractivity (Wildman–Crippen MR) is 338 cm³/mol. The number of rotatable bonds is 22. The quantitative estimate of drug-likeness (QED) is 0.0375. The molecule has 0 aromatic heterocycles. The molecule has 8 nitrogen and oxygen atoms in total. The van der Waals surface area contributed by atoms with Crippen LogP contribution in [0.1, 0.15) is 79.9 Å².